The molecule has 122 valence electrons. The monoisotopic (exact) mass is 303 g/mol. The molecule has 22 heavy (non-hydrogen) atoms. The topological polar surface area (TPSA) is 59.6 Å². The molecule has 1 aliphatic rings. The number of aryl methyl sites for hydroxylation is 1. The van der Waals surface area contributed by atoms with Gasteiger partial charge in [0.25, 0.3) is 0 Å². The first kappa shape index (κ1) is 16.8. The van der Waals surface area contributed by atoms with Gasteiger partial charge in [0.1, 0.15) is 0 Å². The molecule has 0 unspecified atom stereocenters. The van der Waals surface area contributed by atoms with E-state index in [1.165, 1.54) is 30.4 Å². The van der Waals surface area contributed by atoms with Crippen molar-refractivity contribution in [2.45, 2.75) is 46.0 Å². The van der Waals surface area contributed by atoms with Crippen molar-refractivity contribution in [1.82, 2.24) is 0 Å². The lowest BCUT2D eigenvalue weighted by Gasteiger charge is -2.19. The fourth-order valence-corrected chi connectivity index (χ4v) is 2.76. The second-order valence-electron chi connectivity index (χ2n) is 6.36. The number of hydrogen-bond acceptors (Lipinski definition) is 2. The number of nitrogens with one attached hydrogen (secondary N) is 1. The number of aliphatic imine (C=N–C) groups is 1. The van der Waals surface area contributed by atoms with E-state index in [0.29, 0.717) is 18.4 Å². The lowest BCUT2D eigenvalue weighted by molar-refractivity contribution is 0.109. The van der Waals surface area contributed by atoms with Crippen molar-refractivity contribution >= 4 is 11.6 Å². The average Bonchev–Trinajstić information content (AvgIpc) is 2.51. The van der Waals surface area contributed by atoms with E-state index in [2.05, 4.69) is 42.4 Å². The maximum absolute atomic E-state index is 6.00. The van der Waals surface area contributed by atoms with Crippen LogP contribution in [-0.2, 0) is 17.6 Å². The standard InChI is InChI=1S/C18H29N3O/c1-14(2)13-22-12-6-11-20-18(19)21-17-10-5-8-15-7-3-4-9-16(15)17/h5,8,10,14H,3-4,6-7,9,11-13H2,1-2H3,(H3,19,20,21). The summed E-state index contributed by atoms with van der Waals surface area (Å²) in [7, 11) is 0. The van der Waals surface area contributed by atoms with E-state index in [0.717, 1.165) is 31.7 Å². The number of fused-ring (bicyclic) bond motifs is 1. The van der Waals surface area contributed by atoms with Crippen LogP contribution in [0.2, 0.25) is 0 Å². The smallest absolute Gasteiger partial charge is 0.193 e. The summed E-state index contributed by atoms with van der Waals surface area (Å²) in [5.41, 5.74) is 9.98. The molecule has 0 aromatic heterocycles. The molecule has 0 atom stereocenters. The van der Waals surface area contributed by atoms with Crippen LogP contribution in [0, 0.1) is 5.92 Å². The van der Waals surface area contributed by atoms with E-state index in [9.17, 15) is 0 Å². The van der Waals surface area contributed by atoms with Gasteiger partial charge in [-0.3, -0.25) is 4.99 Å². The molecule has 0 saturated carbocycles. The normalized spacial score (nSPS) is 15.0. The minimum Gasteiger partial charge on any atom is -0.381 e. The Morgan fingerprint density at radius 2 is 2.14 bits per heavy atom. The van der Waals surface area contributed by atoms with Gasteiger partial charge < -0.3 is 15.8 Å². The van der Waals surface area contributed by atoms with E-state index in [1.54, 1.807) is 0 Å². The van der Waals surface area contributed by atoms with Crippen LogP contribution in [0.15, 0.2) is 23.2 Å². The summed E-state index contributed by atoms with van der Waals surface area (Å²) in [6, 6.07) is 6.41. The third-order valence-electron chi connectivity index (χ3n) is 3.84. The largest absolute Gasteiger partial charge is 0.381 e. The van der Waals surface area contributed by atoms with Crippen molar-refractivity contribution in [2.24, 2.45) is 16.6 Å². The molecule has 0 radical (unpaired) electrons. The Bertz CT molecular complexity index is 497. The van der Waals surface area contributed by atoms with Gasteiger partial charge in [-0.1, -0.05) is 26.0 Å². The molecule has 0 fully saturated rings. The summed E-state index contributed by atoms with van der Waals surface area (Å²) in [6.07, 6.45) is 5.76. The predicted octanol–water partition coefficient (Wildman–Crippen LogP) is 3.35. The highest BCUT2D eigenvalue weighted by Crippen LogP contribution is 2.27. The quantitative estimate of drug-likeness (QED) is 0.461. The Hall–Kier alpha value is -1.55. The van der Waals surface area contributed by atoms with Crippen LogP contribution in [0.5, 0.6) is 0 Å². The molecule has 0 heterocycles. The van der Waals surface area contributed by atoms with E-state index in [1.807, 2.05) is 0 Å². The minimum atomic E-state index is 0.503. The van der Waals surface area contributed by atoms with Crippen LogP contribution in [0.25, 0.3) is 0 Å². The number of hydrogen-bond donors (Lipinski definition) is 2. The number of guanidine groups is 1. The number of benzene rings is 1. The molecule has 0 bridgehead atoms. The van der Waals surface area contributed by atoms with Crippen molar-refractivity contribution < 1.29 is 4.74 Å². The molecule has 3 N–H and O–H groups in total. The molecule has 0 spiro atoms. The number of anilines is 1. The molecule has 0 saturated heterocycles. The fourth-order valence-electron chi connectivity index (χ4n) is 2.76. The molecule has 4 heteroatoms. The SMILES string of the molecule is CC(C)COCCCN=C(N)Nc1cccc2c1CCCC2. The highest BCUT2D eigenvalue weighted by atomic mass is 16.5. The van der Waals surface area contributed by atoms with Gasteiger partial charge in [0.05, 0.1) is 0 Å². The van der Waals surface area contributed by atoms with Crippen LogP contribution in [0.4, 0.5) is 5.69 Å². The van der Waals surface area contributed by atoms with E-state index in [-0.39, 0.29) is 0 Å². The summed E-state index contributed by atoms with van der Waals surface area (Å²) in [5.74, 6) is 1.09. The fraction of sp³-hybridized carbons (Fsp3) is 0.611. The predicted molar refractivity (Wildman–Crippen MR) is 93.5 cm³/mol. The van der Waals surface area contributed by atoms with Crippen molar-refractivity contribution in [2.75, 3.05) is 25.1 Å². The number of nitrogens with two attached hydrogens (primary N) is 1. The van der Waals surface area contributed by atoms with Crippen molar-refractivity contribution in [3.8, 4) is 0 Å². The lowest BCUT2D eigenvalue weighted by atomic mass is 9.90. The first-order chi connectivity index (χ1) is 10.7. The summed E-state index contributed by atoms with van der Waals surface area (Å²) < 4.78 is 5.54. The van der Waals surface area contributed by atoms with Gasteiger partial charge in [-0.25, -0.2) is 0 Å². The first-order valence-corrected chi connectivity index (χ1v) is 8.42. The molecule has 0 amide bonds. The third-order valence-corrected chi connectivity index (χ3v) is 3.84. The van der Waals surface area contributed by atoms with Crippen LogP contribution in [0.3, 0.4) is 0 Å². The molecular weight excluding hydrogens is 274 g/mol. The van der Waals surface area contributed by atoms with Crippen LogP contribution in [-0.4, -0.2) is 25.7 Å². The number of rotatable bonds is 7. The maximum Gasteiger partial charge on any atom is 0.193 e. The van der Waals surface area contributed by atoms with Gasteiger partial charge >= 0.3 is 0 Å². The molecule has 1 aromatic rings. The van der Waals surface area contributed by atoms with Gasteiger partial charge in [-0.15, -0.1) is 0 Å². The maximum atomic E-state index is 6.00. The van der Waals surface area contributed by atoms with Crippen LogP contribution in [0.1, 0.15) is 44.2 Å². The molecule has 4 nitrogen and oxygen atoms in total. The molecule has 1 aromatic carbocycles. The molecular formula is C18H29N3O. The summed E-state index contributed by atoms with van der Waals surface area (Å²) in [4.78, 5) is 4.39. The molecule has 2 rings (SSSR count). The Kier molecular flexibility index (Phi) is 6.72. The second kappa shape index (κ2) is 8.79. The highest BCUT2D eigenvalue weighted by Gasteiger charge is 2.12. The minimum absolute atomic E-state index is 0.503. The molecule has 1 aliphatic carbocycles. The molecule has 0 aliphatic heterocycles. The Morgan fingerprint density at radius 3 is 2.95 bits per heavy atom. The van der Waals surface area contributed by atoms with Gasteiger partial charge in [-0.2, -0.15) is 0 Å². The van der Waals surface area contributed by atoms with Crippen molar-refractivity contribution in [1.29, 1.82) is 0 Å². The highest BCUT2D eigenvalue weighted by molar-refractivity contribution is 5.93. The van der Waals surface area contributed by atoms with Crippen LogP contribution < -0.4 is 11.1 Å². The Balaban J connectivity index is 1.79. The van der Waals surface area contributed by atoms with Gasteiger partial charge in [-0.05, 0) is 55.2 Å². The first-order valence-electron chi connectivity index (χ1n) is 8.42. The summed E-state index contributed by atoms with van der Waals surface area (Å²) in [5, 5.41) is 3.27. The Morgan fingerprint density at radius 1 is 1.32 bits per heavy atom. The van der Waals surface area contributed by atoms with Crippen molar-refractivity contribution in [3.63, 3.8) is 0 Å². The summed E-state index contributed by atoms with van der Waals surface area (Å²) in [6.45, 7) is 6.57. The van der Waals surface area contributed by atoms with Gasteiger partial charge in [0, 0.05) is 25.4 Å². The number of nitrogens with zero attached hydrogens (tertiary/aromatic N) is 1. The zero-order valence-electron chi connectivity index (χ0n) is 13.9. The van der Waals surface area contributed by atoms with Gasteiger partial charge in [0.15, 0.2) is 5.96 Å². The van der Waals surface area contributed by atoms with E-state index >= 15 is 0 Å². The Labute approximate surface area is 134 Å². The average molecular weight is 303 g/mol. The second-order valence-corrected chi connectivity index (χ2v) is 6.36. The van der Waals surface area contributed by atoms with E-state index < -0.39 is 0 Å². The summed E-state index contributed by atoms with van der Waals surface area (Å²) >= 11 is 0. The lowest BCUT2D eigenvalue weighted by Crippen LogP contribution is -2.24. The van der Waals surface area contributed by atoms with Gasteiger partial charge in [0.2, 0.25) is 0 Å². The van der Waals surface area contributed by atoms with E-state index in [4.69, 9.17) is 10.5 Å². The van der Waals surface area contributed by atoms with Crippen molar-refractivity contribution in [3.05, 3.63) is 29.3 Å². The third kappa shape index (κ3) is 5.34. The number of ether oxygens (including phenoxy) is 1. The zero-order valence-corrected chi connectivity index (χ0v) is 13.9. The zero-order chi connectivity index (χ0) is 15.8. The van der Waals surface area contributed by atoms with Crippen LogP contribution >= 0.6 is 0 Å².